The van der Waals surface area contributed by atoms with Crippen molar-refractivity contribution in [2.24, 2.45) is 5.92 Å². The van der Waals surface area contributed by atoms with E-state index in [1.54, 1.807) is 0 Å². The molecular formula is C7H12N2. The number of likely N-dealkylation sites (tertiary alicyclic amines) is 1. The second kappa shape index (κ2) is 1.06. The van der Waals surface area contributed by atoms with Crippen molar-refractivity contribution in [1.29, 1.82) is 0 Å². The fraction of sp³-hybridized carbons (Fsp3) is 1.00. The first-order chi connectivity index (χ1) is 4.33. The zero-order valence-corrected chi connectivity index (χ0v) is 5.72. The van der Waals surface area contributed by atoms with Gasteiger partial charge in [-0.15, -0.1) is 0 Å². The van der Waals surface area contributed by atoms with Crippen molar-refractivity contribution in [3.05, 3.63) is 0 Å². The number of piperazine rings is 1. The molecule has 0 aromatic carbocycles. The second-order valence-electron chi connectivity index (χ2n) is 3.78. The topological polar surface area (TPSA) is 15.3 Å². The fourth-order valence-electron chi connectivity index (χ4n) is 2.73. The maximum Gasteiger partial charge on any atom is 0.0379 e. The molecule has 1 aliphatic carbocycles. The van der Waals surface area contributed by atoms with E-state index in [4.69, 9.17) is 0 Å². The van der Waals surface area contributed by atoms with Gasteiger partial charge in [-0.05, 0) is 19.4 Å². The highest BCUT2D eigenvalue weighted by atomic mass is 15.4. The summed E-state index contributed by atoms with van der Waals surface area (Å²) in [6, 6.07) is 0.856. The third kappa shape index (κ3) is 0.332. The van der Waals surface area contributed by atoms with Crippen molar-refractivity contribution in [3.8, 4) is 0 Å². The van der Waals surface area contributed by atoms with Crippen LogP contribution in [0.2, 0.25) is 0 Å². The van der Waals surface area contributed by atoms with Gasteiger partial charge < -0.3 is 5.32 Å². The summed E-state index contributed by atoms with van der Waals surface area (Å²) >= 11 is 0. The molecule has 0 radical (unpaired) electrons. The van der Waals surface area contributed by atoms with Crippen LogP contribution in [0.25, 0.3) is 0 Å². The molecule has 3 aliphatic rings. The second-order valence-corrected chi connectivity index (χ2v) is 3.78. The summed E-state index contributed by atoms with van der Waals surface area (Å²) in [4.78, 5) is 2.54. The van der Waals surface area contributed by atoms with Crippen LogP contribution >= 0.6 is 0 Å². The molecule has 0 aromatic rings. The minimum Gasteiger partial charge on any atom is -0.310 e. The molecule has 3 atom stereocenters. The van der Waals surface area contributed by atoms with Crippen molar-refractivity contribution in [2.75, 3.05) is 20.1 Å². The lowest BCUT2D eigenvalue weighted by Gasteiger charge is -2.29. The van der Waals surface area contributed by atoms with Crippen molar-refractivity contribution in [2.45, 2.75) is 18.0 Å². The molecule has 2 heterocycles. The smallest absolute Gasteiger partial charge is 0.0379 e. The highest BCUT2D eigenvalue weighted by molar-refractivity contribution is 5.26. The number of rotatable bonds is 0. The normalized spacial score (nSPS) is 62.3. The fourth-order valence-corrected chi connectivity index (χ4v) is 2.73. The summed E-state index contributed by atoms with van der Waals surface area (Å²) in [7, 11) is 2.26. The number of nitrogens with zero attached hydrogens (tertiary/aromatic N) is 1. The Morgan fingerprint density at radius 1 is 1.67 bits per heavy atom. The van der Waals surface area contributed by atoms with Crippen LogP contribution in [0.1, 0.15) is 6.42 Å². The van der Waals surface area contributed by atoms with Crippen LogP contribution in [0, 0.1) is 5.92 Å². The highest BCUT2D eigenvalue weighted by Crippen LogP contribution is 2.57. The monoisotopic (exact) mass is 124 g/mol. The summed E-state index contributed by atoms with van der Waals surface area (Å²) in [5.74, 6) is 1.03. The third-order valence-electron chi connectivity index (χ3n) is 3.49. The van der Waals surface area contributed by atoms with E-state index >= 15 is 0 Å². The average molecular weight is 124 g/mol. The Balaban J connectivity index is 2.05. The summed E-state index contributed by atoms with van der Waals surface area (Å²) in [6.07, 6.45) is 1.47. The first-order valence-corrected chi connectivity index (χ1v) is 3.77. The molecule has 1 saturated carbocycles. The molecule has 9 heavy (non-hydrogen) atoms. The van der Waals surface area contributed by atoms with Crippen molar-refractivity contribution in [3.63, 3.8) is 0 Å². The summed E-state index contributed by atoms with van der Waals surface area (Å²) < 4.78 is 0. The van der Waals surface area contributed by atoms with Gasteiger partial charge in [-0.3, -0.25) is 4.90 Å². The maximum absolute atomic E-state index is 3.54. The zero-order chi connectivity index (χ0) is 6.06. The van der Waals surface area contributed by atoms with Crippen LogP contribution in [0.5, 0.6) is 0 Å². The molecule has 3 fully saturated rings. The minimum atomic E-state index is 0.657. The molecule has 3 rings (SSSR count). The summed E-state index contributed by atoms with van der Waals surface area (Å²) in [5.41, 5.74) is 0.657. The van der Waals surface area contributed by atoms with E-state index in [1.807, 2.05) is 0 Å². The Labute approximate surface area is 55.2 Å². The SMILES string of the molecule is CN1CC2NCC13CC23. The predicted molar refractivity (Wildman–Crippen MR) is 35.3 cm³/mol. The van der Waals surface area contributed by atoms with Crippen LogP contribution < -0.4 is 5.32 Å². The minimum absolute atomic E-state index is 0.657. The standard InChI is InChI=1S/C7H12N2/c1-9-3-6-5-2-7(5,9)4-8-6/h5-6,8H,2-4H2,1H3. The van der Waals surface area contributed by atoms with Gasteiger partial charge in [-0.1, -0.05) is 0 Å². The lowest BCUT2D eigenvalue weighted by atomic mass is 10.2. The molecule has 2 bridgehead atoms. The lowest BCUT2D eigenvalue weighted by Crippen LogP contribution is -2.47. The molecule has 0 amide bonds. The molecule has 0 spiro atoms. The first kappa shape index (κ1) is 4.69. The summed E-state index contributed by atoms with van der Waals surface area (Å²) in [5, 5.41) is 3.54. The van der Waals surface area contributed by atoms with E-state index in [9.17, 15) is 0 Å². The molecule has 3 unspecified atom stereocenters. The van der Waals surface area contributed by atoms with Gasteiger partial charge in [0, 0.05) is 24.7 Å². The van der Waals surface area contributed by atoms with E-state index in [1.165, 1.54) is 19.5 Å². The largest absolute Gasteiger partial charge is 0.310 e. The average Bonchev–Trinajstić information content (AvgIpc) is 2.41. The van der Waals surface area contributed by atoms with Gasteiger partial charge in [0.2, 0.25) is 0 Å². The zero-order valence-electron chi connectivity index (χ0n) is 5.72. The Kier molecular flexibility index (Phi) is 0.552. The number of likely N-dealkylation sites (N-methyl/N-ethyl adjacent to an activating group) is 1. The molecule has 2 nitrogen and oxygen atoms in total. The molecule has 2 heteroatoms. The molecule has 2 saturated heterocycles. The number of hydrogen-bond acceptors (Lipinski definition) is 2. The van der Waals surface area contributed by atoms with Gasteiger partial charge in [0.05, 0.1) is 0 Å². The molecule has 1 N–H and O–H groups in total. The van der Waals surface area contributed by atoms with E-state index in [0.717, 1.165) is 12.0 Å². The van der Waals surface area contributed by atoms with Crippen molar-refractivity contribution < 1.29 is 0 Å². The van der Waals surface area contributed by atoms with Gasteiger partial charge in [0.1, 0.15) is 0 Å². The van der Waals surface area contributed by atoms with Crippen LogP contribution in [0.15, 0.2) is 0 Å². The van der Waals surface area contributed by atoms with Gasteiger partial charge in [-0.25, -0.2) is 0 Å². The molecule has 50 valence electrons. The van der Waals surface area contributed by atoms with E-state index < -0.39 is 0 Å². The number of piperidine rings is 2. The lowest BCUT2D eigenvalue weighted by molar-refractivity contribution is 0.214. The van der Waals surface area contributed by atoms with E-state index in [0.29, 0.717) is 5.54 Å². The number of nitrogens with one attached hydrogen (secondary N) is 1. The summed E-state index contributed by atoms with van der Waals surface area (Å²) in [6.45, 7) is 2.56. The van der Waals surface area contributed by atoms with Crippen molar-refractivity contribution >= 4 is 0 Å². The Hall–Kier alpha value is -0.0800. The Bertz CT molecular complexity index is 164. The first-order valence-electron chi connectivity index (χ1n) is 3.77. The van der Waals surface area contributed by atoms with Gasteiger partial charge in [0.25, 0.3) is 0 Å². The quantitative estimate of drug-likeness (QED) is 0.475. The van der Waals surface area contributed by atoms with Gasteiger partial charge in [0.15, 0.2) is 0 Å². The molecule has 2 aliphatic heterocycles. The number of hydrogen-bond donors (Lipinski definition) is 1. The predicted octanol–water partition coefficient (Wildman–Crippen LogP) is -0.338. The van der Waals surface area contributed by atoms with Crippen molar-refractivity contribution in [1.82, 2.24) is 10.2 Å². The Morgan fingerprint density at radius 3 is 2.78 bits per heavy atom. The van der Waals surface area contributed by atoms with Crippen LogP contribution in [0.4, 0.5) is 0 Å². The van der Waals surface area contributed by atoms with Gasteiger partial charge >= 0.3 is 0 Å². The highest BCUT2D eigenvalue weighted by Gasteiger charge is 2.68. The van der Waals surface area contributed by atoms with E-state index in [2.05, 4.69) is 17.3 Å². The van der Waals surface area contributed by atoms with Crippen LogP contribution in [0.3, 0.4) is 0 Å². The van der Waals surface area contributed by atoms with Crippen LogP contribution in [-0.2, 0) is 0 Å². The van der Waals surface area contributed by atoms with Gasteiger partial charge in [-0.2, -0.15) is 0 Å². The Morgan fingerprint density at radius 2 is 2.56 bits per heavy atom. The van der Waals surface area contributed by atoms with E-state index in [-0.39, 0.29) is 0 Å². The maximum atomic E-state index is 3.54. The van der Waals surface area contributed by atoms with Crippen LogP contribution in [-0.4, -0.2) is 36.6 Å². The molecular weight excluding hydrogens is 112 g/mol. The third-order valence-corrected chi connectivity index (χ3v) is 3.49. The molecule has 0 aromatic heterocycles.